The lowest BCUT2D eigenvalue weighted by Crippen LogP contribution is -2.24. The summed E-state index contributed by atoms with van der Waals surface area (Å²) in [6.07, 6.45) is 3.65. The second-order valence-electron chi connectivity index (χ2n) is 3.93. The summed E-state index contributed by atoms with van der Waals surface area (Å²) in [5.41, 5.74) is 12.1. The molecule has 0 radical (unpaired) electrons. The Morgan fingerprint density at radius 2 is 1.95 bits per heavy atom. The Labute approximate surface area is 110 Å². The van der Waals surface area contributed by atoms with Gasteiger partial charge in [0.2, 0.25) is 0 Å². The van der Waals surface area contributed by atoms with Crippen molar-refractivity contribution in [1.82, 2.24) is 4.57 Å². The van der Waals surface area contributed by atoms with Crippen molar-refractivity contribution in [3.8, 4) is 5.69 Å². The van der Waals surface area contributed by atoms with Gasteiger partial charge in [-0.2, -0.15) is 4.99 Å². The van der Waals surface area contributed by atoms with Crippen LogP contribution < -0.4 is 11.5 Å². The predicted molar refractivity (Wildman–Crippen MR) is 71.8 cm³/mol. The molecular weight excluding hydrogens is 244 g/mol. The van der Waals surface area contributed by atoms with Crippen molar-refractivity contribution in [2.24, 2.45) is 16.5 Å². The van der Waals surface area contributed by atoms with Crippen LogP contribution in [0, 0.1) is 0 Å². The zero-order valence-corrected chi connectivity index (χ0v) is 10.2. The van der Waals surface area contributed by atoms with Gasteiger partial charge in [0.1, 0.15) is 0 Å². The molecule has 2 rings (SSSR count). The molecule has 1 amide bonds. The molecule has 6 nitrogen and oxygen atoms in total. The summed E-state index contributed by atoms with van der Waals surface area (Å²) in [6.45, 7) is -0.121. The van der Waals surface area contributed by atoms with Crippen molar-refractivity contribution in [3.63, 3.8) is 0 Å². The summed E-state index contributed by atoms with van der Waals surface area (Å²) in [6, 6.07) is 8.59. The van der Waals surface area contributed by atoms with Gasteiger partial charge in [0.15, 0.2) is 5.96 Å². The van der Waals surface area contributed by atoms with Crippen LogP contribution in [0.3, 0.4) is 0 Å². The fourth-order valence-electron chi connectivity index (χ4n) is 1.75. The number of aromatic nitrogens is 1. The van der Waals surface area contributed by atoms with Crippen molar-refractivity contribution < 1.29 is 9.90 Å². The second-order valence-corrected chi connectivity index (χ2v) is 3.93. The van der Waals surface area contributed by atoms with E-state index in [4.69, 9.17) is 11.5 Å². The van der Waals surface area contributed by atoms with Gasteiger partial charge in [-0.1, -0.05) is 6.07 Å². The van der Waals surface area contributed by atoms with E-state index in [0.717, 1.165) is 0 Å². The molecule has 0 saturated heterocycles. The third kappa shape index (κ3) is 2.80. The molecule has 1 heterocycles. The predicted octanol–water partition coefficient (Wildman–Crippen LogP) is 0.383. The minimum Gasteiger partial charge on any atom is -0.392 e. The number of aliphatic imine (C=N–C) groups is 1. The van der Waals surface area contributed by atoms with Gasteiger partial charge in [0, 0.05) is 23.5 Å². The Hall–Kier alpha value is -2.60. The lowest BCUT2D eigenvalue weighted by Gasteiger charge is -2.10. The van der Waals surface area contributed by atoms with Crippen LogP contribution in [0.5, 0.6) is 0 Å². The summed E-state index contributed by atoms with van der Waals surface area (Å²) in [5.74, 6) is -0.795. The Morgan fingerprint density at radius 3 is 2.53 bits per heavy atom. The van der Waals surface area contributed by atoms with Gasteiger partial charge in [-0.3, -0.25) is 4.79 Å². The first-order valence-corrected chi connectivity index (χ1v) is 5.63. The van der Waals surface area contributed by atoms with Gasteiger partial charge < -0.3 is 21.1 Å². The number of aliphatic hydroxyl groups excluding tert-OH is 1. The van der Waals surface area contributed by atoms with Gasteiger partial charge in [-0.15, -0.1) is 0 Å². The van der Waals surface area contributed by atoms with Crippen molar-refractivity contribution in [3.05, 3.63) is 53.9 Å². The van der Waals surface area contributed by atoms with E-state index in [1.165, 1.54) is 0 Å². The number of amides is 1. The molecule has 5 N–H and O–H groups in total. The van der Waals surface area contributed by atoms with E-state index in [9.17, 15) is 9.90 Å². The topological polar surface area (TPSA) is 107 Å². The first-order valence-electron chi connectivity index (χ1n) is 5.63. The molecule has 0 spiro atoms. The molecule has 98 valence electrons. The van der Waals surface area contributed by atoms with Crippen LogP contribution in [-0.4, -0.2) is 21.5 Å². The molecule has 6 heteroatoms. The zero-order valence-electron chi connectivity index (χ0n) is 10.2. The SMILES string of the molecule is NC(N)=NC(=O)c1ccc(CO)c(-n2cccc2)c1. The molecule has 1 aromatic heterocycles. The maximum absolute atomic E-state index is 11.8. The maximum atomic E-state index is 11.8. The van der Waals surface area contributed by atoms with Crippen LogP contribution in [0.15, 0.2) is 47.7 Å². The summed E-state index contributed by atoms with van der Waals surface area (Å²) < 4.78 is 1.80. The Balaban J connectivity index is 2.48. The van der Waals surface area contributed by atoms with Crippen molar-refractivity contribution in [2.75, 3.05) is 0 Å². The third-order valence-electron chi connectivity index (χ3n) is 2.62. The monoisotopic (exact) mass is 258 g/mol. The average molecular weight is 258 g/mol. The summed E-state index contributed by atoms with van der Waals surface area (Å²) in [7, 11) is 0. The molecule has 0 atom stereocenters. The number of carbonyl (C=O) groups excluding carboxylic acids is 1. The Kier molecular flexibility index (Phi) is 3.63. The van der Waals surface area contributed by atoms with Crippen molar-refractivity contribution >= 4 is 11.9 Å². The highest BCUT2D eigenvalue weighted by molar-refractivity contribution is 6.02. The molecule has 19 heavy (non-hydrogen) atoms. The van der Waals surface area contributed by atoms with E-state index in [2.05, 4.69) is 4.99 Å². The summed E-state index contributed by atoms with van der Waals surface area (Å²) >= 11 is 0. The molecule has 0 aliphatic rings. The first kappa shape index (κ1) is 12.8. The van der Waals surface area contributed by atoms with Crippen LogP contribution in [0.4, 0.5) is 0 Å². The van der Waals surface area contributed by atoms with Crippen molar-refractivity contribution in [1.29, 1.82) is 0 Å². The molecular formula is C13H14N4O2. The van der Waals surface area contributed by atoms with E-state index in [-0.39, 0.29) is 12.6 Å². The van der Waals surface area contributed by atoms with Crippen LogP contribution in [0.2, 0.25) is 0 Å². The highest BCUT2D eigenvalue weighted by Crippen LogP contribution is 2.18. The highest BCUT2D eigenvalue weighted by Gasteiger charge is 2.10. The van der Waals surface area contributed by atoms with E-state index in [1.807, 2.05) is 24.5 Å². The number of rotatable bonds is 3. The fourth-order valence-corrected chi connectivity index (χ4v) is 1.75. The fraction of sp³-hybridized carbons (Fsp3) is 0.0769. The minimum absolute atomic E-state index is 0.121. The lowest BCUT2D eigenvalue weighted by molar-refractivity contribution is 0.100. The number of nitrogens with zero attached hydrogens (tertiary/aromatic N) is 2. The number of hydrogen-bond acceptors (Lipinski definition) is 2. The number of aliphatic hydroxyl groups is 1. The molecule has 2 aromatic rings. The van der Waals surface area contributed by atoms with Gasteiger partial charge in [-0.05, 0) is 24.3 Å². The molecule has 0 aliphatic carbocycles. The Morgan fingerprint density at radius 1 is 1.26 bits per heavy atom. The maximum Gasteiger partial charge on any atom is 0.280 e. The van der Waals surface area contributed by atoms with Gasteiger partial charge in [0.05, 0.1) is 12.3 Å². The number of benzene rings is 1. The van der Waals surface area contributed by atoms with E-state index < -0.39 is 5.91 Å². The third-order valence-corrected chi connectivity index (χ3v) is 2.62. The molecule has 0 aliphatic heterocycles. The minimum atomic E-state index is -0.516. The highest BCUT2D eigenvalue weighted by atomic mass is 16.3. The van der Waals surface area contributed by atoms with E-state index in [1.54, 1.807) is 22.8 Å². The van der Waals surface area contributed by atoms with Gasteiger partial charge in [-0.25, -0.2) is 0 Å². The van der Waals surface area contributed by atoms with Gasteiger partial charge >= 0.3 is 0 Å². The molecule has 0 saturated carbocycles. The average Bonchev–Trinajstić information content (AvgIpc) is 2.91. The standard InChI is InChI=1S/C13H14N4O2/c14-13(15)16-12(19)9-3-4-10(8-18)11(7-9)17-5-1-2-6-17/h1-7,18H,8H2,(H4,14,15,16,19). The quantitative estimate of drug-likeness (QED) is 0.546. The van der Waals surface area contributed by atoms with Gasteiger partial charge in [0.25, 0.3) is 5.91 Å². The number of carbonyl (C=O) groups is 1. The number of nitrogens with two attached hydrogens (primary N) is 2. The first-order chi connectivity index (χ1) is 9.11. The molecule has 0 unspecified atom stereocenters. The summed E-state index contributed by atoms with van der Waals surface area (Å²) in [5, 5.41) is 9.33. The molecule has 0 fully saturated rings. The van der Waals surface area contributed by atoms with Crippen LogP contribution >= 0.6 is 0 Å². The van der Waals surface area contributed by atoms with E-state index >= 15 is 0 Å². The zero-order chi connectivity index (χ0) is 13.8. The van der Waals surface area contributed by atoms with Crippen LogP contribution in [0.1, 0.15) is 15.9 Å². The Bertz CT molecular complexity index is 614. The van der Waals surface area contributed by atoms with E-state index in [0.29, 0.717) is 16.8 Å². The largest absolute Gasteiger partial charge is 0.392 e. The normalized spacial score (nSPS) is 10.2. The van der Waals surface area contributed by atoms with Crippen LogP contribution in [0.25, 0.3) is 5.69 Å². The number of hydrogen-bond donors (Lipinski definition) is 3. The van der Waals surface area contributed by atoms with Crippen LogP contribution in [-0.2, 0) is 6.61 Å². The molecule has 1 aromatic carbocycles. The lowest BCUT2D eigenvalue weighted by atomic mass is 10.1. The second kappa shape index (κ2) is 5.36. The van der Waals surface area contributed by atoms with Crippen molar-refractivity contribution in [2.45, 2.75) is 6.61 Å². The summed E-state index contributed by atoms with van der Waals surface area (Å²) in [4.78, 5) is 15.2. The smallest absolute Gasteiger partial charge is 0.280 e. The number of guanidine groups is 1. The molecule has 0 bridgehead atoms.